The standard InChI is InChI=1S/C16H18N2O/c1-12(19)9-10-16-13(2)17-18(14(16)3)11-15-7-5-4-6-8-15/h4-10H,11H2,1-3H3/b10-9+. The predicted octanol–water partition coefficient (Wildman–Crippen LogP) is 3.15. The van der Waals surface area contributed by atoms with Crippen LogP contribution in [-0.2, 0) is 11.3 Å². The molecule has 0 aliphatic carbocycles. The maximum atomic E-state index is 11.0. The topological polar surface area (TPSA) is 34.9 Å². The fourth-order valence-electron chi connectivity index (χ4n) is 2.06. The van der Waals surface area contributed by atoms with Gasteiger partial charge >= 0.3 is 0 Å². The van der Waals surface area contributed by atoms with Crippen molar-refractivity contribution in [3.05, 3.63) is 58.9 Å². The minimum atomic E-state index is 0.0506. The van der Waals surface area contributed by atoms with Crippen LogP contribution in [0.3, 0.4) is 0 Å². The molecule has 0 bridgehead atoms. The Morgan fingerprint density at radius 1 is 1.26 bits per heavy atom. The average molecular weight is 254 g/mol. The molecular weight excluding hydrogens is 236 g/mol. The number of hydrogen-bond donors (Lipinski definition) is 0. The summed E-state index contributed by atoms with van der Waals surface area (Å²) in [7, 11) is 0. The predicted molar refractivity (Wildman–Crippen MR) is 77.0 cm³/mol. The van der Waals surface area contributed by atoms with E-state index >= 15 is 0 Å². The van der Waals surface area contributed by atoms with E-state index in [2.05, 4.69) is 17.2 Å². The van der Waals surface area contributed by atoms with E-state index < -0.39 is 0 Å². The van der Waals surface area contributed by atoms with Crippen LogP contribution in [0.4, 0.5) is 0 Å². The van der Waals surface area contributed by atoms with Gasteiger partial charge in [0.2, 0.25) is 0 Å². The van der Waals surface area contributed by atoms with Gasteiger partial charge in [-0.3, -0.25) is 9.48 Å². The van der Waals surface area contributed by atoms with Crippen LogP contribution in [0.5, 0.6) is 0 Å². The molecule has 0 aliphatic rings. The van der Waals surface area contributed by atoms with E-state index in [0.29, 0.717) is 0 Å². The summed E-state index contributed by atoms with van der Waals surface area (Å²) >= 11 is 0. The Hall–Kier alpha value is -2.16. The van der Waals surface area contributed by atoms with Gasteiger partial charge < -0.3 is 0 Å². The molecular formula is C16H18N2O. The summed E-state index contributed by atoms with van der Waals surface area (Å²) in [5, 5.41) is 4.54. The molecule has 19 heavy (non-hydrogen) atoms. The van der Waals surface area contributed by atoms with E-state index in [1.54, 1.807) is 13.0 Å². The molecule has 1 heterocycles. The number of aromatic nitrogens is 2. The first-order chi connectivity index (χ1) is 9.08. The van der Waals surface area contributed by atoms with Crippen LogP contribution in [0.1, 0.15) is 29.4 Å². The van der Waals surface area contributed by atoms with Gasteiger partial charge in [-0.1, -0.05) is 30.3 Å². The summed E-state index contributed by atoms with van der Waals surface area (Å²) in [5.41, 5.74) is 4.28. The van der Waals surface area contributed by atoms with Crippen LogP contribution in [0.25, 0.3) is 6.08 Å². The Bertz CT molecular complexity index is 609. The fraction of sp³-hybridized carbons (Fsp3) is 0.250. The van der Waals surface area contributed by atoms with Crippen LogP contribution in [0, 0.1) is 13.8 Å². The molecule has 2 aromatic rings. The van der Waals surface area contributed by atoms with Crippen LogP contribution < -0.4 is 0 Å². The molecule has 0 aliphatic heterocycles. The summed E-state index contributed by atoms with van der Waals surface area (Å²) in [6.07, 6.45) is 3.44. The lowest BCUT2D eigenvalue weighted by molar-refractivity contribution is -0.112. The lowest BCUT2D eigenvalue weighted by Crippen LogP contribution is -2.03. The number of aryl methyl sites for hydroxylation is 1. The second-order valence-electron chi connectivity index (χ2n) is 4.67. The van der Waals surface area contributed by atoms with E-state index in [0.717, 1.165) is 23.5 Å². The molecule has 3 heteroatoms. The highest BCUT2D eigenvalue weighted by Crippen LogP contribution is 2.16. The second kappa shape index (κ2) is 5.65. The van der Waals surface area contributed by atoms with Crippen molar-refractivity contribution in [2.45, 2.75) is 27.3 Å². The molecule has 0 radical (unpaired) electrons. The van der Waals surface area contributed by atoms with Gasteiger partial charge in [-0.15, -0.1) is 0 Å². The minimum Gasteiger partial charge on any atom is -0.295 e. The molecule has 1 aromatic heterocycles. The van der Waals surface area contributed by atoms with Gasteiger partial charge in [-0.05, 0) is 38.5 Å². The summed E-state index contributed by atoms with van der Waals surface area (Å²) in [6, 6.07) is 10.2. The average Bonchev–Trinajstić information content (AvgIpc) is 2.63. The molecule has 98 valence electrons. The Balaban J connectivity index is 2.29. The first-order valence-electron chi connectivity index (χ1n) is 6.34. The van der Waals surface area contributed by atoms with Crippen molar-refractivity contribution in [1.29, 1.82) is 0 Å². The molecule has 0 N–H and O–H groups in total. The third kappa shape index (κ3) is 3.19. The van der Waals surface area contributed by atoms with Crippen molar-refractivity contribution in [2.24, 2.45) is 0 Å². The van der Waals surface area contributed by atoms with Gasteiger partial charge in [0, 0.05) is 11.3 Å². The first kappa shape index (κ1) is 13.3. The van der Waals surface area contributed by atoms with Gasteiger partial charge in [0.05, 0.1) is 12.2 Å². The molecule has 0 unspecified atom stereocenters. The SMILES string of the molecule is CC(=O)/C=C/c1c(C)nn(Cc2ccccc2)c1C. The maximum Gasteiger partial charge on any atom is 0.152 e. The number of carbonyl (C=O) groups is 1. The molecule has 0 fully saturated rings. The number of rotatable bonds is 4. The number of benzene rings is 1. The molecule has 0 amide bonds. The fourth-order valence-corrected chi connectivity index (χ4v) is 2.06. The smallest absolute Gasteiger partial charge is 0.152 e. The highest BCUT2D eigenvalue weighted by Gasteiger charge is 2.09. The number of carbonyl (C=O) groups excluding carboxylic acids is 1. The van der Waals surface area contributed by atoms with Crippen molar-refractivity contribution in [2.75, 3.05) is 0 Å². The van der Waals surface area contributed by atoms with E-state index in [9.17, 15) is 4.79 Å². The van der Waals surface area contributed by atoms with Gasteiger partial charge in [0.1, 0.15) is 0 Å². The van der Waals surface area contributed by atoms with E-state index in [4.69, 9.17) is 0 Å². The highest BCUT2D eigenvalue weighted by atomic mass is 16.1. The molecule has 1 aromatic carbocycles. The minimum absolute atomic E-state index is 0.0506. The molecule has 0 spiro atoms. The lowest BCUT2D eigenvalue weighted by Gasteiger charge is -2.04. The Morgan fingerprint density at radius 2 is 1.95 bits per heavy atom. The third-order valence-corrected chi connectivity index (χ3v) is 3.10. The summed E-state index contributed by atoms with van der Waals surface area (Å²) in [6.45, 7) is 6.30. The zero-order valence-corrected chi connectivity index (χ0v) is 11.6. The number of hydrogen-bond acceptors (Lipinski definition) is 2. The van der Waals surface area contributed by atoms with Gasteiger partial charge in [-0.25, -0.2) is 0 Å². The molecule has 2 rings (SSSR count). The largest absolute Gasteiger partial charge is 0.295 e. The first-order valence-corrected chi connectivity index (χ1v) is 6.34. The Labute approximate surface area is 113 Å². The Morgan fingerprint density at radius 3 is 2.58 bits per heavy atom. The monoisotopic (exact) mass is 254 g/mol. The zero-order valence-electron chi connectivity index (χ0n) is 11.6. The van der Waals surface area contributed by atoms with E-state index in [-0.39, 0.29) is 5.78 Å². The van der Waals surface area contributed by atoms with Crippen molar-refractivity contribution in [1.82, 2.24) is 9.78 Å². The number of ketones is 1. The summed E-state index contributed by atoms with van der Waals surface area (Å²) < 4.78 is 1.98. The van der Waals surface area contributed by atoms with Crippen molar-refractivity contribution in [3.8, 4) is 0 Å². The van der Waals surface area contributed by atoms with Gasteiger partial charge in [0.25, 0.3) is 0 Å². The van der Waals surface area contributed by atoms with Crippen LogP contribution in [0.2, 0.25) is 0 Å². The highest BCUT2D eigenvalue weighted by molar-refractivity contribution is 5.91. The van der Waals surface area contributed by atoms with Crippen LogP contribution in [0.15, 0.2) is 36.4 Å². The van der Waals surface area contributed by atoms with Gasteiger partial charge in [0.15, 0.2) is 5.78 Å². The van der Waals surface area contributed by atoms with Crippen molar-refractivity contribution in [3.63, 3.8) is 0 Å². The molecule has 0 saturated carbocycles. The summed E-state index contributed by atoms with van der Waals surface area (Å²) in [5.74, 6) is 0.0506. The van der Waals surface area contributed by atoms with Crippen LogP contribution >= 0.6 is 0 Å². The lowest BCUT2D eigenvalue weighted by atomic mass is 10.1. The van der Waals surface area contributed by atoms with Crippen LogP contribution in [-0.4, -0.2) is 15.6 Å². The van der Waals surface area contributed by atoms with Crippen molar-refractivity contribution < 1.29 is 4.79 Å². The normalized spacial score (nSPS) is 11.1. The Kier molecular flexibility index (Phi) is 3.95. The van der Waals surface area contributed by atoms with Gasteiger partial charge in [-0.2, -0.15) is 5.10 Å². The second-order valence-corrected chi connectivity index (χ2v) is 4.67. The molecule has 0 saturated heterocycles. The summed E-state index contributed by atoms with van der Waals surface area (Å²) in [4.78, 5) is 11.0. The molecule has 3 nitrogen and oxygen atoms in total. The quantitative estimate of drug-likeness (QED) is 0.786. The number of allylic oxidation sites excluding steroid dienone is 1. The van der Waals surface area contributed by atoms with E-state index in [1.807, 2.05) is 42.8 Å². The zero-order chi connectivity index (χ0) is 13.8. The molecule has 0 atom stereocenters. The third-order valence-electron chi connectivity index (χ3n) is 3.10. The number of nitrogens with zero attached hydrogens (tertiary/aromatic N) is 2. The van der Waals surface area contributed by atoms with E-state index in [1.165, 1.54) is 5.56 Å². The van der Waals surface area contributed by atoms with Crippen molar-refractivity contribution >= 4 is 11.9 Å². The maximum absolute atomic E-state index is 11.0.